The first-order valence-electron chi connectivity index (χ1n) is 3.93. The van der Waals surface area contributed by atoms with Gasteiger partial charge in [-0.3, -0.25) is 4.79 Å². The predicted octanol–water partition coefficient (Wildman–Crippen LogP) is 2.14. The Morgan fingerprint density at radius 2 is 2.12 bits per heavy atom. The lowest BCUT2D eigenvalue weighted by Crippen LogP contribution is -2.31. The number of alkyl halides is 3. The molecule has 3 nitrogen and oxygen atoms in total. The Kier molecular flexibility index (Phi) is 5.24. The Bertz CT molecular complexity index is 366. The summed E-state index contributed by atoms with van der Waals surface area (Å²) in [5.41, 5.74) is 4.43. The standard InChI is InChI=1S/C8H8F3NO2S.ClH/c9-8(10,11)4-1-5(15-3-4)2-6(12)7(13)14;/h1,3,6H,2,12H2,(H,13,14);1H. The molecule has 8 heteroatoms. The molecule has 0 saturated carbocycles. The van der Waals surface area contributed by atoms with Gasteiger partial charge in [0.15, 0.2) is 0 Å². The molecule has 0 saturated heterocycles. The van der Waals surface area contributed by atoms with Crippen molar-refractivity contribution in [1.82, 2.24) is 0 Å². The van der Waals surface area contributed by atoms with E-state index in [9.17, 15) is 18.0 Å². The van der Waals surface area contributed by atoms with Crippen molar-refractivity contribution in [3.63, 3.8) is 0 Å². The molecule has 3 N–H and O–H groups in total. The first-order valence-corrected chi connectivity index (χ1v) is 4.81. The van der Waals surface area contributed by atoms with Gasteiger partial charge in [0.1, 0.15) is 6.04 Å². The molecule has 1 aromatic rings. The Balaban J connectivity index is 0.00000225. The maximum atomic E-state index is 12.2. The second kappa shape index (κ2) is 5.51. The Morgan fingerprint density at radius 3 is 2.50 bits per heavy atom. The van der Waals surface area contributed by atoms with Crippen molar-refractivity contribution in [1.29, 1.82) is 0 Å². The topological polar surface area (TPSA) is 63.3 Å². The highest BCUT2D eigenvalue weighted by atomic mass is 35.5. The molecule has 0 aliphatic carbocycles. The number of hydrogen-bond donors (Lipinski definition) is 2. The van der Waals surface area contributed by atoms with E-state index in [4.69, 9.17) is 10.8 Å². The van der Waals surface area contributed by atoms with Crippen molar-refractivity contribution < 1.29 is 23.1 Å². The molecule has 0 aliphatic rings. The molecule has 92 valence electrons. The molecular formula is C8H9ClF3NO2S. The fourth-order valence-electron chi connectivity index (χ4n) is 0.940. The molecule has 0 aromatic carbocycles. The molecule has 1 atom stereocenters. The molecule has 0 bridgehead atoms. The van der Waals surface area contributed by atoms with Crippen molar-refractivity contribution in [2.24, 2.45) is 5.73 Å². The van der Waals surface area contributed by atoms with Crippen LogP contribution < -0.4 is 5.73 Å². The number of carbonyl (C=O) groups is 1. The molecule has 0 amide bonds. The van der Waals surface area contributed by atoms with E-state index in [1.807, 2.05) is 0 Å². The highest BCUT2D eigenvalue weighted by Gasteiger charge is 2.31. The summed E-state index contributed by atoms with van der Waals surface area (Å²) in [4.78, 5) is 10.7. The number of halogens is 4. The van der Waals surface area contributed by atoms with Crippen LogP contribution in [0.25, 0.3) is 0 Å². The number of carboxylic acids is 1. The van der Waals surface area contributed by atoms with E-state index >= 15 is 0 Å². The van der Waals surface area contributed by atoms with Crippen LogP contribution in [0.5, 0.6) is 0 Å². The minimum absolute atomic E-state index is 0. The number of hydrogen-bond acceptors (Lipinski definition) is 3. The quantitative estimate of drug-likeness (QED) is 0.888. The lowest BCUT2D eigenvalue weighted by molar-refractivity contribution is -0.138. The molecule has 0 radical (unpaired) electrons. The number of rotatable bonds is 3. The lowest BCUT2D eigenvalue weighted by atomic mass is 10.2. The van der Waals surface area contributed by atoms with Crippen LogP contribution in [0.4, 0.5) is 13.2 Å². The highest BCUT2D eigenvalue weighted by Crippen LogP contribution is 2.32. The second-order valence-corrected chi connectivity index (χ2v) is 3.94. The number of thiophene rings is 1. The predicted molar refractivity (Wildman–Crippen MR) is 55.9 cm³/mol. The summed E-state index contributed by atoms with van der Waals surface area (Å²) in [5, 5.41) is 9.42. The lowest BCUT2D eigenvalue weighted by Gasteiger charge is -2.03. The molecule has 1 rings (SSSR count). The molecule has 0 fully saturated rings. The number of carboxylic acid groups (broad SMARTS) is 1. The fourth-order valence-corrected chi connectivity index (χ4v) is 1.89. The van der Waals surface area contributed by atoms with Gasteiger partial charge in [0.05, 0.1) is 5.56 Å². The number of nitrogens with two attached hydrogens (primary N) is 1. The first kappa shape index (κ1) is 15.2. The monoisotopic (exact) mass is 275 g/mol. The number of aliphatic carboxylic acids is 1. The zero-order valence-electron chi connectivity index (χ0n) is 7.82. The van der Waals surface area contributed by atoms with Crippen molar-refractivity contribution >= 4 is 29.7 Å². The summed E-state index contributed by atoms with van der Waals surface area (Å²) >= 11 is 0.859. The molecule has 1 heterocycles. The van der Waals surface area contributed by atoms with Gasteiger partial charge in [-0.2, -0.15) is 13.2 Å². The Hall–Kier alpha value is -0.790. The van der Waals surface area contributed by atoms with Crippen LogP contribution in [-0.2, 0) is 17.4 Å². The van der Waals surface area contributed by atoms with Crippen molar-refractivity contribution in [3.8, 4) is 0 Å². The van der Waals surface area contributed by atoms with E-state index in [1.165, 1.54) is 0 Å². The zero-order valence-corrected chi connectivity index (χ0v) is 9.46. The van der Waals surface area contributed by atoms with Crippen LogP contribution in [0.1, 0.15) is 10.4 Å². The third-order valence-electron chi connectivity index (χ3n) is 1.72. The Morgan fingerprint density at radius 1 is 1.56 bits per heavy atom. The third kappa shape index (κ3) is 3.99. The van der Waals surface area contributed by atoms with E-state index in [0.717, 1.165) is 22.8 Å². The van der Waals surface area contributed by atoms with Gasteiger partial charge in [-0.15, -0.1) is 23.7 Å². The smallest absolute Gasteiger partial charge is 0.417 e. The van der Waals surface area contributed by atoms with E-state index in [1.54, 1.807) is 0 Å². The third-order valence-corrected chi connectivity index (χ3v) is 2.68. The maximum Gasteiger partial charge on any atom is 0.417 e. The van der Waals surface area contributed by atoms with Crippen LogP contribution in [0.15, 0.2) is 11.4 Å². The van der Waals surface area contributed by atoms with Crippen molar-refractivity contribution in [2.75, 3.05) is 0 Å². The largest absolute Gasteiger partial charge is 0.480 e. The molecule has 0 spiro atoms. The van der Waals surface area contributed by atoms with Crippen LogP contribution in [0, 0.1) is 0 Å². The first-order chi connectivity index (χ1) is 6.80. The average molecular weight is 276 g/mol. The van der Waals surface area contributed by atoms with Crippen LogP contribution in [0.3, 0.4) is 0 Å². The van der Waals surface area contributed by atoms with E-state index in [-0.39, 0.29) is 18.8 Å². The van der Waals surface area contributed by atoms with Crippen LogP contribution >= 0.6 is 23.7 Å². The van der Waals surface area contributed by atoms with Crippen molar-refractivity contribution in [2.45, 2.75) is 18.6 Å². The van der Waals surface area contributed by atoms with Crippen LogP contribution in [-0.4, -0.2) is 17.1 Å². The van der Waals surface area contributed by atoms with Crippen LogP contribution in [0.2, 0.25) is 0 Å². The van der Waals surface area contributed by atoms with Crippen molar-refractivity contribution in [3.05, 3.63) is 21.9 Å². The van der Waals surface area contributed by atoms with Gasteiger partial charge in [-0.25, -0.2) is 0 Å². The molecule has 1 unspecified atom stereocenters. The molecule has 16 heavy (non-hydrogen) atoms. The maximum absolute atomic E-state index is 12.2. The van der Waals surface area contributed by atoms with Gasteiger partial charge >= 0.3 is 12.1 Å². The highest BCUT2D eigenvalue weighted by molar-refractivity contribution is 7.10. The normalized spacial score (nSPS) is 13.0. The van der Waals surface area contributed by atoms with Gasteiger partial charge < -0.3 is 10.8 Å². The summed E-state index contributed by atoms with van der Waals surface area (Å²) < 4.78 is 36.5. The SMILES string of the molecule is Cl.NC(Cc1cc(C(F)(F)F)cs1)C(=O)O. The fraction of sp³-hybridized carbons (Fsp3) is 0.375. The minimum atomic E-state index is -4.39. The van der Waals surface area contributed by atoms with Gasteiger partial charge in [0, 0.05) is 16.7 Å². The molecular weight excluding hydrogens is 267 g/mol. The average Bonchev–Trinajstić information content (AvgIpc) is 2.51. The summed E-state index contributed by atoms with van der Waals surface area (Å²) in [6, 6.07) is -0.238. The van der Waals surface area contributed by atoms with Gasteiger partial charge in [0.2, 0.25) is 0 Å². The zero-order chi connectivity index (χ0) is 11.6. The van der Waals surface area contributed by atoms with Gasteiger partial charge in [0.25, 0.3) is 0 Å². The Labute approximate surface area is 99.5 Å². The van der Waals surface area contributed by atoms with E-state index in [2.05, 4.69) is 0 Å². The van der Waals surface area contributed by atoms with E-state index < -0.39 is 23.8 Å². The molecule has 1 aromatic heterocycles. The van der Waals surface area contributed by atoms with E-state index in [0.29, 0.717) is 4.88 Å². The van der Waals surface area contributed by atoms with Gasteiger partial charge in [-0.1, -0.05) is 0 Å². The summed E-state index contributed by atoms with van der Waals surface area (Å²) in [7, 11) is 0. The summed E-state index contributed by atoms with van der Waals surface area (Å²) in [6.07, 6.45) is -4.47. The summed E-state index contributed by atoms with van der Waals surface area (Å²) in [6.45, 7) is 0. The molecule has 0 aliphatic heterocycles. The second-order valence-electron chi connectivity index (χ2n) is 2.95. The van der Waals surface area contributed by atoms with Gasteiger partial charge in [-0.05, 0) is 6.07 Å². The summed E-state index contributed by atoms with van der Waals surface area (Å²) in [5.74, 6) is -1.23. The minimum Gasteiger partial charge on any atom is -0.480 e.